The molecule has 1 N–H and O–H groups in total. The lowest BCUT2D eigenvalue weighted by Gasteiger charge is -2.07. The standard InChI is InChI=1S/C15H14N4O2/c1-2-13-14(16-10-21-13)15(20)18-11-5-3-6-12(9-11)19-8-4-7-17-19/h3-10H,2H2,1H3,(H,18,20). The summed E-state index contributed by atoms with van der Waals surface area (Å²) in [5.74, 6) is 0.300. The molecule has 6 nitrogen and oxygen atoms in total. The molecule has 1 aromatic carbocycles. The molecule has 1 amide bonds. The number of nitrogens with zero attached hydrogens (tertiary/aromatic N) is 3. The summed E-state index contributed by atoms with van der Waals surface area (Å²) < 4.78 is 6.89. The number of aryl methyl sites for hydroxylation is 1. The highest BCUT2D eigenvalue weighted by atomic mass is 16.3. The molecule has 0 atom stereocenters. The average molecular weight is 282 g/mol. The lowest BCUT2D eigenvalue weighted by molar-refractivity contribution is 0.102. The Labute approximate surface area is 121 Å². The van der Waals surface area contributed by atoms with E-state index in [0.29, 0.717) is 23.6 Å². The van der Waals surface area contributed by atoms with Gasteiger partial charge < -0.3 is 9.73 Å². The third-order valence-corrected chi connectivity index (χ3v) is 3.05. The number of carbonyl (C=O) groups is 1. The molecule has 6 heteroatoms. The monoisotopic (exact) mass is 282 g/mol. The summed E-state index contributed by atoms with van der Waals surface area (Å²) in [5, 5.41) is 6.98. The van der Waals surface area contributed by atoms with Gasteiger partial charge in [-0.25, -0.2) is 9.67 Å². The molecular formula is C15H14N4O2. The Bertz CT molecular complexity index is 747. The lowest BCUT2D eigenvalue weighted by atomic mass is 10.2. The maximum absolute atomic E-state index is 12.2. The number of hydrogen-bond acceptors (Lipinski definition) is 4. The van der Waals surface area contributed by atoms with Gasteiger partial charge in [-0.1, -0.05) is 13.0 Å². The van der Waals surface area contributed by atoms with Gasteiger partial charge in [0.15, 0.2) is 12.1 Å². The highest BCUT2D eigenvalue weighted by molar-refractivity contribution is 6.03. The molecule has 2 aromatic heterocycles. The van der Waals surface area contributed by atoms with Gasteiger partial charge >= 0.3 is 0 Å². The fourth-order valence-electron chi connectivity index (χ4n) is 2.04. The Morgan fingerprint density at radius 3 is 3.05 bits per heavy atom. The summed E-state index contributed by atoms with van der Waals surface area (Å²) in [6.07, 6.45) is 5.45. The normalized spacial score (nSPS) is 10.5. The van der Waals surface area contributed by atoms with Crippen molar-refractivity contribution in [3.63, 3.8) is 0 Å². The molecule has 0 aliphatic rings. The summed E-state index contributed by atoms with van der Waals surface area (Å²) in [6.45, 7) is 1.91. The van der Waals surface area contributed by atoms with Crippen LogP contribution < -0.4 is 5.32 Å². The minimum absolute atomic E-state index is 0.279. The molecule has 106 valence electrons. The molecule has 0 fully saturated rings. The zero-order chi connectivity index (χ0) is 14.7. The van der Waals surface area contributed by atoms with Gasteiger partial charge in [0.25, 0.3) is 5.91 Å². The number of carbonyl (C=O) groups excluding carboxylic acids is 1. The van der Waals surface area contributed by atoms with Crippen LogP contribution in [-0.4, -0.2) is 20.7 Å². The largest absolute Gasteiger partial charge is 0.448 e. The minimum Gasteiger partial charge on any atom is -0.448 e. The molecule has 0 spiro atoms. The third kappa shape index (κ3) is 2.69. The molecule has 0 aliphatic heterocycles. The number of rotatable bonds is 4. The SMILES string of the molecule is CCc1ocnc1C(=O)Nc1cccc(-n2cccn2)c1. The Morgan fingerprint density at radius 1 is 1.38 bits per heavy atom. The second-order valence-corrected chi connectivity index (χ2v) is 4.43. The fraction of sp³-hybridized carbons (Fsp3) is 0.133. The highest BCUT2D eigenvalue weighted by Gasteiger charge is 2.15. The zero-order valence-electron chi connectivity index (χ0n) is 11.5. The van der Waals surface area contributed by atoms with Crippen LogP contribution in [-0.2, 0) is 6.42 Å². The van der Waals surface area contributed by atoms with E-state index in [-0.39, 0.29) is 5.91 Å². The van der Waals surface area contributed by atoms with E-state index in [9.17, 15) is 4.79 Å². The van der Waals surface area contributed by atoms with Crippen molar-refractivity contribution in [3.05, 3.63) is 60.6 Å². The van der Waals surface area contributed by atoms with E-state index >= 15 is 0 Å². The number of benzene rings is 1. The quantitative estimate of drug-likeness (QED) is 0.798. The second kappa shape index (κ2) is 5.62. The molecule has 0 aliphatic carbocycles. The lowest BCUT2D eigenvalue weighted by Crippen LogP contribution is -2.14. The molecule has 21 heavy (non-hydrogen) atoms. The van der Waals surface area contributed by atoms with Gasteiger partial charge in [-0.05, 0) is 24.3 Å². The summed E-state index contributed by atoms with van der Waals surface area (Å²) in [7, 11) is 0. The Hall–Kier alpha value is -2.89. The van der Waals surface area contributed by atoms with Gasteiger partial charge in [-0.3, -0.25) is 4.79 Å². The van der Waals surface area contributed by atoms with Crippen molar-refractivity contribution in [1.29, 1.82) is 0 Å². The first kappa shape index (κ1) is 13.1. The van der Waals surface area contributed by atoms with Gasteiger partial charge in [0.2, 0.25) is 0 Å². The van der Waals surface area contributed by atoms with E-state index in [1.54, 1.807) is 10.9 Å². The molecule has 0 bridgehead atoms. The van der Waals surface area contributed by atoms with E-state index in [0.717, 1.165) is 5.69 Å². The first-order valence-corrected chi connectivity index (χ1v) is 6.61. The predicted octanol–water partition coefficient (Wildman–Crippen LogP) is 2.68. The van der Waals surface area contributed by atoms with Gasteiger partial charge in [0.05, 0.1) is 5.69 Å². The molecule has 3 rings (SSSR count). The molecule has 0 saturated carbocycles. The number of nitrogens with one attached hydrogen (secondary N) is 1. The number of aromatic nitrogens is 3. The molecule has 3 aromatic rings. The van der Waals surface area contributed by atoms with E-state index in [4.69, 9.17) is 4.42 Å². The first-order valence-electron chi connectivity index (χ1n) is 6.61. The highest BCUT2D eigenvalue weighted by Crippen LogP contribution is 2.16. The van der Waals surface area contributed by atoms with E-state index in [1.807, 2.05) is 43.5 Å². The van der Waals surface area contributed by atoms with Gasteiger partial charge in [0, 0.05) is 24.5 Å². The van der Waals surface area contributed by atoms with Crippen LogP contribution >= 0.6 is 0 Å². The first-order chi connectivity index (χ1) is 10.3. The molecule has 0 radical (unpaired) electrons. The zero-order valence-corrected chi connectivity index (χ0v) is 11.5. The fourth-order valence-corrected chi connectivity index (χ4v) is 2.04. The number of anilines is 1. The Kier molecular flexibility index (Phi) is 3.51. The van der Waals surface area contributed by atoms with Crippen molar-refractivity contribution in [1.82, 2.24) is 14.8 Å². The van der Waals surface area contributed by atoms with E-state index in [2.05, 4.69) is 15.4 Å². The Balaban J connectivity index is 1.82. The maximum Gasteiger partial charge on any atom is 0.277 e. The summed E-state index contributed by atoms with van der Waals surface area (Å²) in [5.41, 5.74) is 1.87. The Morgan fingerprint density at radius 2 is 2.29 bits per heavy atom. The average Bonchev–Trinajstić information content (AvgIpc) is 3.18. The van der Waals surface area contributed by atoms with Crippen LogP contribution in [0.4, 0.5) is 5.69 Å². The van der Waals surface area contributed by atoms with Crippen LogP contribution in [0.15, 0.2) is 53.5 Å². The smallest absolute Gasteiger partial charge is 0.277 e. The predicted molar refractivity (Wildman–Crippen MR) is 77.4 cm³/mol. The third-order valence-electron chi connectivity index (χ3n) is 3.05. The van der Waals surface area contributed by atoms with Crippen LogP contribution in [0.5, 0.6) is 0 Å². The van der Waals surface area contributed by atoms with E-state index < -0.39 is 0 Å². The van der Waals surface area contributed by atoms with Gasteiger partial charge in [-0.2, -0.15) is 5.10 Å². The number of amides is 1. The van der Waals surface area contributed by atoms with Gasteiger partial charge in [0.1, 0.15) is 5.76 Å². The molecular weight excluding hydrogens is 268 g/mol. The van der Waals surface area contributed by atoms with Crippen LogP contribution in [0.25, 0.3) is 5.69 Å². The second-order valence-electron chi connectivity index (χ2n) is 4.43. The van der Waals surface area contributed by atoms with Crippen molar-refractivity contribution in [2.45, 2.75) is 13.3 Å². The van der Waals surface area contributed by atoms with Crippen molar-refractivity contribution in [3.8, 4) is 5.69 Å². The molecule has 2 heterocycles. The van der Waals surface area contributed by atoms with Crippen molar-refractivity contribution >= 4 is 11.6 Å². The topological polar surface area (TPSA) is 73.0 Å². The summed E-state index contributed by atoms with van der Waals surface area (Å²) >= 11 is 0. The van der Waals surface area contributed by atoms with Crippen molar-refractivity contribution in [2.24, 2.45) is 0 Å². The minimum atomic E-state index is -0.279. The van der Waals surface area contributed by atoms with Crippen LogP contribution in [0.2, 0.25) is 0 Å². The van der Waals surface area contributed by atoms with Crippen molar-refractivity contribution in [2.75, 3.05) is 5.32 Å². The van der Waals surface area contributed by atoms with Crippen LogP contribution in [0.3, 0.4) is 0 Å². The van der Waals surface area contributed by atoms with Crippen LogP contribution in [0.1, 0.15) is 23.2 Å². The maximum atomic E-state index is 12.2. The van der Waals surface area contributed by atoms with Gasteiger partial charge in [-0.15, -0.1) is 0 Å². The van der Waals surface area contributed by atoms with Crippen LogP contribution in [0, 0.1) is 0 Å². The summed E-state index contributed by atoms with van der Waals surface area (Å²) in [4.78, 5) is 16.2. The molecule has 0 unspecified atom stereocenters. The van der Waals surface area contributed by atoms with Crippen molar-refractivity contribution < 1.29 is 9.21 Å². The molecule has 0 saturated heterocycles. The number of hydrogen-bond donors (Lipinski definition) is 1. The summed E-state index contributed by atoms with van der Waals surface area (Å²) in [6, 6.07) is 9.27. The number of oxazole rings is 1. The van der Waals surface area contributed by atoms with E-state index in [1.165, 1.54) is 6.39 Å².